The number of hydrogen-bond acceptors (Lipinski definition) is 2. The molecular weight excluding hydrogens is 256 g/mol. The summed E-state index contributed by atoms with van der Waals surface area (Å²) in [7, 11) is 0. The molecule has 1 heterocycles. The van der Waals surface area contributed by atoms with Crippen LogP contribution in [0.4, 0.5) is 4.79 Å². The van der Waals surface area contributed by atoms with E-state index >= 15 is 0 Å². The van der Waals surface area contributed by atoms with Crippen molar-refractivity contribution in [2.75, 3.05) is 13.1 Å². The van der Waals surface area contributed by atoms with Crippen LogP contribution in [0.15, 0.2) is 11.6 Å². The standard InChI is InChI=1S/C12H19ClN2O3/c1-3-9-4-5-15(10(6-9)11(16)17)12(18)14-7-8(2)13/h9-10H,2-7H2,1H3,(H,14,18)(H,16,17). The van der Waals surface area contributed by atoms with Crippen LogP contribution in [0.25, 0.3) is 0 Å². The SMILES string of the molecule is C=C(Cl)CNC(=O)N1CCC(CC)CC1C(=O)O. The number of nitrogens with one attached hydrogen (secondary N) is 1. The fourth-order valence-electron chi connectivity index (χ4n) is 2.16. The number of likely N-dealkylation sites (tertiary alicyclic amines) is 1. The molecule has 0 saturated carbocycles. The highest BCUT2D eigenvalue weighted by Crippen LogP contribution is 2.25. The number of carbonyl (C=O) groups is 2. The molecule has 2 unspecified atom stereocenters. The number of carbonyl (C=O) groups excluding carboxylic acids is 1. The Bertz CT molecular complexity index is 346. The van der Waals surface area contributed by atoms with E-state index in [4.69, 9.17) is 11.6 Å². The Kier molecular flexibility index (Phi) is 5.47. The van der Waals surface area contributed by atoms with E-state index in [1.54, 1.807) is 0 Å². The van der Waals surface area contributed by atoms with Crippen LogP contribution in [-0.2, 0) is 4.79 Å². The van der Waals surface area contributed by atoms with Crippen molar-refractivity contribution < 1.29 is 14.7 Å². The Morgan fingerprint density at radius 1 is 1.56 bits per heavy atom. The van der Waals surface area contributed by atoms with Crippen LogP contribution in [0.2, 0.25) is 0 Å². The molecule has 6 heteroatoms. The Hall–Kier alpha value is -1.23. The van der Waals surface area contributed by atoms with E-state index in [1.165, 1.54) is 4.90 Å². The van der Waals surface area contributed by atoms with E-state index in [-0.39, 0.29) is 6.54 Å². The van der Waals surface area contributed by atoms with Crippen LogP contribution in [0, 0.1) is 5.92 Å². The summed E-state index contributed by atoms with van der Waals surface area (Å²) in [5.74, 6) is -0.578. The van der Waals surface area contributed by atoms with Gasteiger partial charge in [0.1, 0.15) is 6.04 Å². The fraction of sp³-hybridized carbons (Fsp3) is 0.667. The molecule has 1 fully saturated rings. The van der Waals surface area contributed by atoms with Gasteiger partial charge in [-0.15, -0.1) is 0 Å². The molecule has 2 N–H and O–H groups in total. The molecule has 0 radical (unpaired) electrons. The second-order valence-corrected chi connectivity index (χ2v) is 5.06. The van der Waals surface area contributed by atoms with Crippen LogP contribution in [0.5, 0.6) is 0 Å². The molecule has 0 aliphatic carbocycles. The van der Waals surface area contributed by atoms with Gasteiger partial charge in [0.2, 0.25) is 0 Å². The molecule has 2 amide bonds. The van der Waals surface area contributed by atoms with E-state index in [0.717, 1.165) is 12.8 Å². The number of rotatable bonds is 4. The summed E-state index contributed by atoms with van der Waals surface area (Å²) in [6.45, 7) is 6.13. The lowest BCUT2D eigenvalue weighted by atomic mass is 9.89. The maximum absolute atomic E-state index is 11.9. The topological polar surface area (TPSA) is 69.6 Å². The van der Waals surface area contributed by atoms with Crippen LogP contribution in [0.3, 0.4) is 0 Å². The number of nitrogens with zero attached hydrogens (tertiary/aromatic N) is 1. The van der Waals surface area contributed by atoms with Crippen molar-refractivity contribution >= 4 is 23.6 Å². The van der Waals surface area contributed by atoms with Gasteiger partial charge in [-0.05, 0) is 18.8 Å². The van der Waals surface area contributed by atoms with E-state index < -0.39 is 18.0 Å². The van der Waals surface area contributed by atoms with Crippen molar-refractivity contribution in [1.82, 2.24) is 10.2 Å². The van der Waals surface area contributed by atoms with Crippen LogP contribution >= 0.6 is 11.6 Å². The van der Waals surface area contributed by atoms with Crippen LogP contribution in [0.1, 0.15) is 26.2 Å². The summed E-state index contributed by atoms with van der Waals surface area (Å²) in [5.41, 5.74) is 0. The summed E-state index contributed by atoms with van der Waals surface area (Å²) >= 11 is 5.56. The first-order valence-corrected chi connectivity index (χ1v) is 6.44. The second-order valence-electron chi connectivity index (χ2n) is 4.52. The quantitative estimate of drug-likeness (QED) is 0.824. The van der Waals surface area contributed by atoms with Gasteiger partial charge >= 0.3 is 12.0 Å². The molecule has 102 valence electrons. The van der Waals surface area contributed by atoms with Gasteiger partial charge in [-0.2, -0.15) is 0 Å². The molecular formula is C12H19ClN2O3. The summed E-state index contributed by atoms with van der Waals surface area (Å²) in [6.07, 6.45) is 2.30. The largest absolute Gasteiger partial charge is 0.480 e. The van der Waals surface area contributed by atoms with E-state index in [1.807, 2.05) is 6.92 Å². The highest BCUT2D eigenvalue weighted by atomic mass is 35.5. The van der Waals surface area contributed by atoms with Gasteiger partial charge in [-0.3, -0.25) is 0 Å². The van der Waals surface area contributed by atoms with Gasteiger partial charge in [0, 0.05) is 11.6 Å². The van der Waals surface area contributed by atoms with Gasteiger partial charge in [0.05, 0.1) is 6.54 Å². The first-order chi connectivity index (χ1) is 8.45. The Morgan fingerprint density at radius 2 is 2.22 bits per heavy atom. The molecule has 1 rings (SSSR count). The molecule has 0 spiro atoms. The average Bonchev–Trinajstić information content (AvgIpc) is 2.34. The van der Waals surface area contributed by atoms with E-state index in [0.29, 0.717) is 23.9 Å². The predicted octanol–water partition coefficient (Wildman–Crippen LogP) is 2.02. The lowest BCUT2D eigenvalue weighted by Crippen LogP contribution is -2.53. The summed E-state index contributed by atoms with van der Waals surface area (Å²) < 4.78 is 0. The minimum Gasteiger partial charge on any atom is -0.480 e. The molecule has 5 nitrogen and oxygen atoms in total. The van der Waals surface area contributed by atoms with Gasteiger partial charge in [-0.25, -0.2) is 9.59 Å². The number of hydrogen-bond donors (Lipinski definition) is 2. The number of urea groups is 1. The molecule has 1 aliphatic heterocycles. The first-order valence-electron chi connectivity index (χ1n) is 6.06. The third kappa shape index (κ3) is 3.91. The molecule has 1 aliphatic rings. The Balaban J connectivity index is 2.64. The Morgan fingerprint density at radius 3 is 2.72 bits per heavy atom. The van der Waals surface area contributed by atoms with Crippen molar-refractivity contribution in [3.63, 3.8) is 0 Å². The lowest BCUT2D eigenvalue weighted by molar-refractivity contribution is -0.144. The van der Waals surface area contributed by atoms with Crippen molar-refractivity contribution in [3.05, 3.63) is 11.6 Å². The molecule has 0 aromatic rings. The zero-order valence-corrected chi connectivity index (χ0v) is 11.2. The van der Waals surface area contributed by atoms with Crippen LogP contribution in [-0.4, -0.2) is 41.1 Å². The highest BCUT2D eigenvalue weighted by molar-refractivity contribution is 6.29. The number of amides is 2. The summed E-state index contributed by atoms with van der Waals surface area (Å²) in [5, 5.41) is 12.1. The molecule has 0 bridgehead atoms. The molecule has 18 heavy (non-hydrogen) atoms. The van der Waals surface area contributed by atoms with E-state index in [2.05, 4.69) is 11.9 Å². The number of piperidine rings is 1. The fourth-order valence-corrected chi connectivity index (χ4v) is 2.23. The van der Waals surface area contributed by atoms with Gasteiger partial charge in [-0.1, -0.05) is 31.5 Å². The molecule has 1 saturated heterocycles. The zero-order chi connectivity index (χ0) is 13.7. The van der Waals surface area contributed by atoms with Crippen molar-refractivity contribution in [2.45, 2.75) is 32.2 Å². The predicted molar refractivity (Wildman–Crippen MR) is 69.5 cm³/mol. The third-order valence-electron chi connectivity index (χ3n) is 3.27. The minimum atomic E-state index is -0.951. The number of aliphatic carboxylic acids is 1. The molecule has 0 aromatic heterocycles. The van der Waals surface area contributed by atoms with Gasteiger partial charge in [0.25, 0.3) is 0 Å². The first kappa shape index (κ1) is 14.8. The monoisotopic (exact) mass is 274 g/mol. The number of carboxylic acid groups (broad SMARTS) is 1. The molecule has 0 aromatic carbocycles. The van der Waals surface area contributed by atoms with Crippen LogP contribution < -0.4 is 5.32 Å². The molecule has 2 atom stereocenters. The number of carboxylic acids is 1. The minimum absolute atomic E-state index is 0.153. The Labute approximate surface area is 112 Å². The van der Waals surface area contributed by atoms with Gasteiger partial charge in [0.15, 0.2) is 0 Å². The van der Waals surface area contributed by atoms with Crippen molar-refractivity contribution in [1.29, 1.82) is 0 Å². The highest BCUT2D eigenvalue weighted by Gasteiger charge is 2.35. The third-order valence-corrected chi connectivity index (χ3v) is 3.40. The van der Waals surface area contributed by atoms with E-state index in [9.17, 15) is 14.7 Å². The van der Waals surface area contributed by atoms with Gasteiger partial charge < -0.3 is 15.3 Å². The second kappa shape index (κ2) is 6.64. The maximum atomic E-state index is 11.9. The van der Waals surface area contributed by atoms with Crippen molar-refractivity contribution in [2.24, 2.45) is 5.92 Å². The summed E-state index contributed by atoms with van der Waals surface area (Å²) in [6, 6.07) is -1.13. The maximum Gasteiger partial charge on any atom is 0.326 e. The smallest absolute Gasteiger partial charge is 0.326 e. The normalized spacial score (nSPS) is 23.6. The van der Waals surface area contributed by atoms with Crippen molar-refractivity contribution in [3.8, 4) is 0 Å². The lowest BCUT2D eigenvalue weighted by Gasteiger charge is -2.36. The summed E-state index contributed by atoms with van der Waals surface area (Å²) in [4.78, 5) is 24.4. The average molecular weight is 275 g/mol. The number of halogens is 1. The zero-order valence-electron chi connectivity index (χ0n) is 10.5.